The van der Waals surface area contributed by atoms with Crippen molar-refractivity contribution in [1.29, 1.82) is 0 Å². The Kier molecular flexibility index (Phi) is 5.46. The number of rotatable bonds is 5. The fraction of sp³-hybridized carbons (Fsp3) is 0.333. The normalized spacial score (nSPS) is 9.74. The summed E-state index contributed by atoms with van der Waals surface area (Å²) in [5.41, 5.74) is 1.82. The minimum Gasteiger partial charge on any atom is -0.481 e. The molecule has 1 aromatic heterocycles. The molecule has 0 atom stereocenters. The molecule has 19 heavy (non-hydrogen) atoms. The van der Waals surface area contributed by atoms with Gasteiger partial charge in [0.15, 0.2) is 0 Å². The summed E-state index contributed by atoms with van der Waals surface area (Å²) in [6.45, 7) is 2.13. The Morgan fingerprint density at radius 1 is 1.32 bits per heavy atom. The number of amides is 3. The minimum atomic E-state index is -1.08. The lowest BCUT2D eigenvalue weighted by Crippen LogP contribution is -2.39. The molecule has 1 aromatic rings. The summed E-state index contributed by atoms with van der Waals surface area (Å²) in [4.78, 5) is 36.7. The maximum Gasteiger partial charge on any atom is 0.321 e. The van der Waals surface area contributed by atoms with E-state index in [1.54, 1.807) is 18.5 Å². The Hall–Kier alpha value is -2.44. The summed E-state index contributed by atoms with van der Waals surface area (Å²) < 4.78 is 0. The van der Waals surface area contributed by atoms with Gasteiger partial charge in [-0.3, -0.25) is 19.9 Å². The lowest BCUT2D eigenvalue weighted by atomic mass is 10.1. The van der Waals surface area contributed by atoms with Crippen LogP contribution in [-0.2, 0) is 16.1 Å². The molecule has 7 nitrogen and oxygen atoms in total. The molecule has 1 rings (SSSR count). The summed E-state index contributed by atoms with van der Waals surface area (Å²) in [6.07, 6.45) is 2.76. The van der Waals surface area contributed by atoms with E-state index in [0.29, 0.717) is 0 Å². The van der Waals surface area contributed by atoms with E-state index < -0.39 is 17.9 Å². The van der Waals surface area contributed by atoms with E-state index in [1.807, 2.05) is 6.92 Å². The molecule has 0 aliphatic rings. The number of aromatic nitrogens is 1. The van der Waals surface area contributed by atoms with Gasteiger partial charge in [-0.15, -0.1) is 0 Å². The third-order valence-corrected chi connectivity index (χ3v) is 2.39. The van der Waals surface area contributed by atoms with Crippen LogP contribution in [0.2, 0.25) is 0 Å². The van der Waals surface area contributed by atoms with E-state index in [9.17, 15) is 14.4 Å². The molecule has 0 unspecified atom stereocenters. The maximum absolute atomic E-state index is 11.4. The fourth-order valence-electron chi connectivity index (χ4n) is 1.33. The summed E-state index contributed by atoms with van der Waals surface area (Å²) >= 11 is 0. The summed E-state index contributed by atoms with van der Waals surface area (Å²) in [5, 5.41) is 13.0. The average molecular weight is 265 g/mol. The van der Waals surface area contributed by atoms with Crippen LogP contribution in [0.25, 0.3) is 0 Å². The van der Waals surface area contributed by atoms with Crippen molar-refractivity contribution in [3.8, 4) is 0 Å². The van der Waals surface area contributed by atoms with E-state index in [-0.39, 0.29) is 19.4 Å². The first kappa shape index (κ1) is 14.6. The largest absolute Gasteiger partial charge is 0.481 e. The van der Waals surface area contributed by atoms with Crippen molar-refractivity contribution in [3.05, 3.63) is 29.6 Å². The maximum atomic E-state index is 11.4. The molecule has 0 aromatic carbocycles. The number of carboxylic acid groups (broad SMARTS) is 1. The number of nitrogens with one attached hydrogen (secondary N) is 2. The van der Waals surface area contributed by atoms with Crippen molar-refractivity contribution in [2.75, 3.05) is 0 Å². The van der Waals surface area contributed by atoms with E-state index in [1.165, 1.54) is 0 Å². The molecule has 7 heteroatoms. The van der Waals surface area contributed by atoms with Gasteiger partial charge in [-0.1, -0.05) is 0 Å². The Morgan fingerprint density at radius 3 is 2.68 bits per heavy atom. The molecule has 1 heterocycles. The third-order valence-electron chi connectivity index (χ3n) is 2.39. The molecule has 0 saturated heterocycles. The van der Waals surface area contributed by atoms with Crippen molar-refractivity contribution in [2.45, 2.75) is 26.3 Å². The zero-order valence-electron chi connectivity index (χ0n) is 10.5. The van der Waals surface area contributed by atoms with Crippen molar-refractivity contribution in [2.24, 2.45) is 0 Å². The molecule has 0 aliphatic carbocycles. The second kappa shape index (κ2) is 7.10. The van der Waals surface area contributed by atoms with Crippen LogP contribution < -0.4 is 10.6 Å². The Balaban J connectivity index is 2.34. The van der Waals surface area contributed by atoms with Crippen LogP contribution in [0.15, 0.2) is 18.5 Å². The van der Waals surface area contributed by atoms with E-state index in [2.05, 4.69) is 15.6 Å². The molecule has 102 valence electrons. The highest BCUT2D eigenvalue weighted by Crippen LogP contribution is 2.03. The molecular weight excluding hydrogens is 250 g/mol. The van der Waals surface area contributed by atoms with Gasteiger partial charge in [0.25, 0.3) is 0 Å². The Morgan fingerprint density at radius 2 is 2.05 bits per heavy atom. The Labute approximate surface area is 110 Å². The van der Waals surface area contributed by atoms with Gasteiger partial charge < -0.3 is 10.4 Å². The molecule has 3 N–H and O–H groups in total. The van der Waals surface area contributed by atoms with Gasteiger partial charge in [0, 0.05) is 25.4 Å². The first-order valence-corrected chi connectivity index (χ1v) is 5.68. The Bertz CT molecular complexity index is 488. The number of hydrogen-bond acceptors (Lipinski definition) is 4. The molecule has 3 amide bonds. The SMILES string of the molecule is Cc1cnccc1CNC(=O)NC(=O)CCC(=O)O. The molecule has 0 bridgehead atoms. The minimum absolute atomic E-state index is 0.225. The van der Waals surface area contributed by atoms with Gasteiger partial charge >= 0.3 is 12.0 Å². The number of carbonyl (C=O) groups is 3. The summed E-state index contributed by atoms with van der Waals surface area (Å²) in [7, 11) is 0. The van der Waals surface area contributed by atoms with Gasteiger partial charge in [0.1, 0.15) is 0 Å². The fourth-order valence-corrected chi connectivity index (χ4v) is 1.33. The predicted molar refractivity (Wildman–Crippen MR) is 66.2 cm³/mol. The number of nitrogens with zero attached hydrogens (tertiary/aromatic N) is 1. The lowest BCUT2D eigenvalue weighted by molar-refractivity contribution is -0.138. The number of urea groups is 1. The second-order valence-corrected chi connectivity index (χ2v) is 3.93. The van der Waals surface area contributed by atoms with Crippen LogP contribution in [0.1, 0.15) is 24.0 Å². The van der Waals surface area contributed by atoms with Gasteiger partial charge in [0.2, 0.25) is 5.91 Å². The van der Waals surface area contributed by atoms with E-state index >= 15 is 0 Å². The molecular formula is C12H15N3O4. The van der Waals surface area contributed by atoms with E-state index in [4.69, 9.17) is 5.11 Å². The second-order valence-electron chi connectivity index (χ2n) is 3.93. The van der Waals surface area contributed by atoms with Crippen molar-refractivity contribution in [1.82, 2.24) is 15.6 Å². The van der Waals surface area contributed by atoms with Crippen LogP contribution in [0.4, 0.5) is 4.79 Å². The number of carboxylic acids is 1. The van der Waals surface area contributed by atoms with Crippen molar-refractivity contribution >= 4 is 17.9 Å². The molecule has 0 spiro atoms. The highest BCUT2D eigenvalue weighted by Gasteiger charge is 2.09. The zero-order chi connectivity index (χ0) is 14.3. The van der Waals surface area contributed by atoms with Gasteiger partial charge in [-0.05, 0) is 24.1 Å². The molecule has 0 fully saturated rings. The number of aryl methyl sites for hydroxylation is 1. The topological polar surface area (TPSA) is 108 Å². The smallest absolute Gasteiger partial charge is 0.321 e. The van der Waals surface area contributed by atoms with Crippen LogP contribution in [0.3, 0.4) is 0 Å². The number of hydrogen-bond donors (Lipinski definition) is 3. The number of carbonyl (C=O) groups excluding carboxylic acids is 2. The van der Waals surface area contributed by atoms with Gasteiger partial charge in [-0.25, -0.2) is 4.79 Å². The van der Waals surface area contributed by atoms with Crippen LogP contribution >= 0.6 is 0 Å². The number of pyridine rings is 1. The highest BCUT2D eigenvalue weighted by atomic mass is 16.4. The summed E-state index contributed by atoms with van der Waals surface area (Å²) in [5.74, 6) is -1.70. The standard InChI is InChI=1S/C12H15N3O4/c1-8-6-13-5-4-9(8)7-14-12(19)15-10(16)2-3-11(17)18/h4-6H,2-3,7H2,1H3,(H,17,18)(H2,14,15,16,19). The molecule has 0 saturated carbocycles. The van der Waals surface area contributed by atoms with Crippen LogP contribution in [0, 0.1) is 6.92 Å². The lowest BCUT2D eigenvalue weighted by Gasteiger charge is -2.08. The average Bonchev–Trinajstić information content (AvgIpc) is 2.35. The summed E-state index contributed by atoms with van der Waals surface area (Å²) in [6, 6.07) is 1.12. The van der Waals surface area contributed by atoms with Crippen LogP contribution in [0.5, 0.6) is 0 Å². The first-order chi connectivity index (χ1) is 8.99. The van der Waals surface area contributed by atoms with Crippen molar-refractivity contribution in [3.63, 3.8) is 0 Å². The molecule has 0 radical (unpaired) electrons. The quantitative estimate of drug-likeness (QED) is 0.721. The monoisotopic (exact) mass is 265 g/mol. The number of aliphatic carboxylic acids is 1. The van der Waals surface area contributed by atoms with Gasteiger partial charge in [0.05, 0.1) is 6.42 Å². The number of imide groups is 1. The molecule has 0 aliphatic heterocycles. The third kappa shape index (κ3) is 5.62. The predicted octanol–water partition coefficient (Wildman–Crippen LogP) is 0.581. The van der Waals surface area contributed by atoms with E-state index in [0.717, 1.165) is 11.1 Å². The zero-order valence-corrected chi connectivity index (χ0v) is 10.5. The van der Waals surface area contributed by atoms with Crippen LogP contribution in [-0.4, -0.2) is 28.0 Å². The van der Waals surface area contributed by atoms with Gasteiger partial charge in [-0.2, -0.15) is 0 Å². The first-order valence-electron chi connectivity index (χ1n) is 5.68. The van der Waals surface area contributed by atoms with Crippen molar-refractivity contribution < 1.29 is 19.5 Å². The highest BCUT2D eigenvalue weighted by molar-refractivity contribution is 5.95.